The number of likely N-dealkylation sites (N-methyl/N-ethyl adjacent to an activating group) is 1. The fourth-order valence-electron chi connectivity index (χ4n) is 2.51. The van der Waals surface area contributed by atoms with Crippen molar-refractivity contribution in [1.29, 1.82) is 0 Å². The van der Waals surface area contributed by atoms with Gasteiger partial charge in [-0.1, -0.05) is 19.4 Å². The third-order valence-corrected chi connectivity index (χ3v) is 5.27. The molecule has 1 fully saturated rings. The molecule has 2 nitrogen and oxygen atoms in total. The highest BCUT2D eigenvalue weighted by atomic mass is 32.2. The van der Waals surface area contributed by atoms with E-state index in [4.69, 9.17) is 0 Å². The summed E-state index contributed by atoms with van der Waals surface area (Å²) in [7, 11) is 2.08. The maximum absolute atomic E-state index is 4.58. The number of hydrogen-bond donors (Lipinski definition) is 1. The maximum atomic E-state index is 4.58. The largest absolute Gasteiger partial charge is 0.316 e. The van der Waals surface area contributed by atoms with Crippen LogP contribution in [0, 0.1) is 0 Å². The first-order valence-electron chi connectivity index (χ1n) is 7.06. The number of aryl methyl sites for hydroxylation is 1. The van der Waals surface area contributed by atoms with Crippen LogP contribution in [0.25, 0.3) is 0 Å². The molecule has 1 saturated heterocycles. The normalized spacial score (nSPS) is 21.8. The van der Waals surface area contributed by atoms with Crippen LogP contribution in [0.15, 0.2) is 18.3 Å². The van der Waals surface area contributed by atoms with Gasteiger partial charge in [-0.25, -0.2) is 0 Å². The van der Waals surface area contributed by atoms with Crippen LogP contribution in [-0.4, -0.2) is 29.1 Å². The number of hydrogen-bond acceptors (Lipinski definition) is 3. The SMILES string of the molecule is CCc1ccc(CC(NC)C2CCCCS2)nc1. The Kier molecular flexibility index (Phi) is 5.51. The van der Waals surface area contributed by atoms with E-state index in [0.29, 0.717) is 6.04 Å². The molecular weight excluding hydrogens is 240 g/mol. The fraction of sp³-hybridized carbons (Fsp3) is 0.667. The molecule has 1 aromatic rings. The second-order valence-electron chi connectivity index (χ2n) is 5.02. The van der Waals surface area contributed by atoms with E-state index in [1.807, 2.05) is 6.20 Å². The molecule has 1 N–H and O–H groups in total. The summed E-state index contributed by atoms with van der Waals surface area (Å²) < 4.78 is 0. The summed E-state index contributed by atoms with van der Waals surface area (Å²) in [4.78, 5) is 4.58. The average molecular weight is 264 g/mol. The number of nitrogens with one attached hydrogen (secondary N) is 1. The Morgan fingerprint density at radius 3 is 2.89 bits per heavy atom. The summed E-state index contributed by atoms with van der Waals surface area (Å²) in [5, 5.41) is 4.25. The Bertz CT molecular complexity index is 344. The Balaban J connectivity index is 1.95. The molecule has 2 heterocycles. The minimum absolute atomic E-state index is 0.565. The lowest BCUT2D eigenvalue weighted by atomic mass is 10.0. The monoisotopic (exact) mass is 264 g/mol. The Labute approximate surface area is 115 Å². The molecule has 2 unspecified atom stereocenters. The Morgan fingerprint density at radius 2 is 2.33 bits per heavy atom. The van der Waals surface area contributed by atoms with Crippen molar-refractivity contribution in [3.05, 3.63) is 29.6 Å². The second kappa shape index (κ2) is 7.15. The molecule has 0 bridgehead atoms. The van der Waals surface area contributed by atoms with E-state index in [9.17, 15) is 0 Å². The minimum atomic E-state index is 0.565. The third kappa shape index (κ3) is 3.72. The molecule has 1 aliphatic rings. The molecule has 0 amide bonds. The van der Waals surface area contributed by atoms with Crippen molar-refractivity contribution < 1.29 is 0 Å². The molecular formula is C15H24N2S. The zero-order valence-electron chi connectivity index (χ0n) is 11.5. The number of rotatable bonds is 5. The number of nitrogens with zero attached hydrogens (tertiary/aromatic N) is 1. The van der Waals surface area contributed by atoms with Crippen molar-refractivity contribution >= 4 is 11.8 Å². The molecule has 0 radical (unpaired) electrons. The average Bonchev–Trinajstić information content (AvgIpc) is 2.46. The first-order chi connectivity index (χ1) is 8.83. The van der Waals surface area contributed by atoms with E-state index < -0.39 is 0 Å². The van der Waals surface area contributed by atoms with Crippen LogP contribution in [0.2, 0.25) is 0 Å². The quantitative estimate of drug-likeness (QED) is 0.885. The summed E-state index contributed by atoms with van der Waals surface area (Å²) in [5.74, 6) is 1.32. The van der Waals surface area contributed by atoms with E-state index in [2.05, 4.69) is 48.2 Å². The van der Waals surface area contributed by atoms with Gasteiger partial charge < -0.3 is 5.32 Å². The van der Waals surface area contributed by atoms with Crippen LogP contribution < -0.4 is 5.32 Å². The number of aromatic nitrogens is 1. The van der Waals surface area contributed by atoms with Crippen LogP contribution >= 0.6 is 11.8 Å². The van der Waals surface area contributed by atoms with Crippen molar-refractivity contribution in [2.45, 2.75) is 50.3 Å². The smallest absolute Gasteiger partial charge is 0.0419 e. The van der Waals surface area contributed by atoms with Gasteiger partial charge in [0.2, 0.25) is 0 Å². The molecule has 100 valence electrons. The summed E-state index contributed by atoms with van der Waals surface area (Å²) in [5.41, 5.74) is 2.55. The van der Waals surface area contributed by atoms with Gasteiger partial charge in [-0.2, -0.15) is 11.8 Å². The standard InChI is InChI=1S/C15H24N2S/c1-3-12-7-8-13(17-11-12)10-14(16-2)15-6-4-5-9-18-15/h7-8,11,14-16H,3-6,9-10H2,1-2H3. The van der Waals surface area contributed by atoms with Crippen molar-refractivity contribution in [1.82, 2.24) is 10.3 Å². The van der Waals surface area contributed by atoms with Gasteiger partial charge in [-0.05, 0) is 43.7 Å². The predicted octanol–water partition coefficient (Wildman–Crippen LogP) is 3.06. The zero-order valence-corrected chi connectivity index (χ0v) is 12.3. The summed E-state index contributed by atoms with van der Waals surface area (Å²) in [6.07, 6.45) is 8.28. The highest BCUT2D eigenvalue weighted by Crippen LogP contribution is 2.28. The van der Waals surface area contributed by atoms with Crippen molar-refractivity contribution in [2.75, 3.05) is 12.8 Å². The van der Waals surface area contributed by atoms with Gasteiger partial charge >= 0.3 is 0 Å². The van der Waals surface area contributed by atoms with Crippen LogP contribution in [-0.2, 0) is 12.8 Å². The molecule has 3 heteroatoms. The lowest BCUT2D eigenvalue weighted by Crippen LogP contribution is -2.39. The summed E-state index contributed by atoms with van der Waals surface area (Å²) in [6, 6.07) is 4.97. The zero-order chi connectivity index (χ0) is 12.8. The van der Waals surface area contributed by atoms with Gasteiger partial charge in [0.25, 0.3) is 0 Å². The molecule has 0 saturated carbocycles. The van der Waals surface area contributed by atoms with E-state index >= 15 is 0 Å². The molecule has 18 heavy (non-hydrogen) atoms. The highest BCUT2D eigenvalue weighted by molar-refractivity contribution is 8.00. The van der Waals surface area contributed by atoms with E-state index in [1.54, 1.807) is 0 Å². The van der Waals surface area contributed by atoms with Gasteiger partial charge in [-0.3, -0.25) is 4.98 Å². The Morgan fingerprint density at radius 1 is 1.44 bits per heavy atom. The van der Waals surface area contributed by atoms with E-state index in [-0.39, 0.29) is 0 Å². The molecule has 2 atom stereocenters. The van der Waals surface area contributed by atoms with Gasteiger partial charge in [0.05, 0.1) is 0 Å². The fourth-order valence-corrected chi connectivity index (χ4v) is 3.98. The van der Waals surface area contributed by atoms with Gasteiger partial charge in [0.15, 0.2) is 0 Å². The highest BCUT2D eigenvalue weighted by Gasteiger charge is 2.23. The van der Waals surface area contributed by atoms with E-state index in [0.717, 1.165) is 18.1 Å². The summed E-state index contributed by atoms with van der Waals surface area (Å²) in [6.45, 7) is 2.17. The van der Waals surface area contributed by atoms with Crippen LogP contribution in [0.4, 0.5) is 0 Å². The van der Waals surface area contributed by atoms with E-state index in [1.165, 1.54) is 36.3 Å². The predicted molar refractivity (Wildman–Crippen MR) is 80.3 cm³/mol. The maximum Gasteiger partial charge on any atom is 0.0419 e. The van der Waals surface area contributed by atoms with Crippen LogP contribution in [0.1, 0.15) is 37.4 Å². The van der Waals surface area contributed by atoms with Crippen LogP contribution in [0.5, 0.6) is 0 Å². The molecule has 1 aliphatic heterocycles. The number of pyridine rings is 1. The third-order valence-electron chi connectivity index (χ3n) is 3.76. The molecule has 0 spiro atoms. The first kappa shape index (κ1) is 13.9. The van der Waals surface area contributed by atoms with Crippen LogP contribution in [0.3, 0.4) is 0 Å². The number of thioether (sulfide) groups is 1. The molecule has 0 aromatic carbocycles. The lowest BCUT2D eigenvalue weighted by Gasteiger charge is -2.29. The van der Waals surface area contributed by atoms with Crippen molar-refractivity contribution in [3.8, 4) is 0 Å². The van der Waals surface area contributed by atoms with Gasteiger partial charge in [0.1, 0.15) is 0 Å². The molecule has 0 aliphatic carbocycles. The topological polar surface area (TPSA) is 24.9 Å². The first-order valence-corrected chi connectivity index (χ1v) is 8.11. The van der Waals surface area contributed by atoms with Crippen molar-refractivity contribution in [3.63, 3.8) is 0 Å². The minimum Gasteiger partial charge on any atom is -0.316 e. The Hall–Kier alpha value is -0.540. The summed E-state index contributed by atoms with van der Waals surface area (Å²) >= 11 is 2.13. The lowest BCUT2D eigenvalue weighted by molar-refractivity contribution is 0.491. The molecule has 2 rings (SSSR count). The second-order valence-corrected chi connectivity index (χ2v) is 6.36. The van der Waals surface area contributed by atoms with Crippen molar-refractivity contribution in [2.24, 2.45) is 0 Å². The van der Waals surface area contributed by atoms with Gasteiger partial charge in [-0.15, -0.1) is 0 Å². The molecule has 1 aromatic heterocycles. The van der Waals surface area contributed by atoms with Gasteiger partial charge in [0, 0.05) is 29.6 Å².